The first-order valence-electron chi connectivity index (χ1n) is 2.39. The quantitative estimate of drug-likeness (QED) is 0.402. The molecule has 1 heterocycles. The second kappa shape index (κ2) is 1.98. The van der Waals surface area contributed by atoms with Gasteiger partial charge in [0.15, 0.2) is 0 Å². The normalized spacial score (nSPS) is 26.6. The summed E-state index contributed by atoms with van der Waals surface area (Å²) in [6.45, 7) is 5.30. The Morgan fingerprint density at radius 3 is 3.14 bits per heavy atom. The molecule has 7 heavy (non-hydrogen) atoms. The summed E-state index contributed by atoms with van der Waals surface area (Å²) in [5.41, 5.74) is 0. The van der Waals surface area contributed by atoms with Gasteiger partial charge in [-0.1, -0.05) is 6.58 Å². The van der Waals surface area contributed by atoms with Crippen LogP contribution in [-0.2, 0) is 4.74 Å². The van der Waals surface area contributed by atoms with Crippen LogP contribution < -0.4 is 5.32 Å². The van der Waals surface area contributed by atoms with Gasteiger partial charge in [0.25, 0.3) is 0 Å². The molecule has 1 fully saturated rings. The lowest BCUT2D eigenvalue weighted by molar-refractivity contribution is 0.253. The van der Waals surface area contributed by atoms with Gasteiger partial charge in [-0.25, -0.2) is 0 Å². The Labute approximate surface area is 43.2 Å². The molecule has 1 rings (SSSR count). The van der Waals surface area contributed by atoms with Crippen LogP contribution in [0.2, 0.25) is 0 Å². The average Bonchev–Trinajstić information content (AvgIpc) is 2.42. The SMILES string of the molecule is C=COCC1CN1. The minimum Gasteiger partial charge on any atom is -0.500 e. The van der Waals surface area contributed by atoms with Gasteiger partial charge in [-0.05, 0) is 0 Å². The summed E-state index contributed by atoms with van der Waals surface area (Å²) < 4.78 is 4.86. The molecule has 1 aliphatic heterocycles. The average molecular weight is 99.1 g/mol. The highest BCUT2D eigenvalue weighted by Gasteiger charge is 2.19. The lowest BCUT2D eigenvalue weighted by Gasteiger charge is -1.91. The van der Waals surface area contributed by atoms with Crippen LogP contribution in [0, 0.1) is 0 Å². The molecule has 1 N–H and O–H groups in total. The molecule has 2 nitrogen and oxygen atoms in total. The van der Waals surface area contributed by atoms with Crippen molar-refractivity contribution in [1.29, 1.82) is 0 Å². The van der Waals surface area contributed by atoms with E-state index in [0.29, 0.717) is 6.04 Å². The highest BCUT2D eigenvalue weighted by molar-refractivity contribution is 4.82. The first kappa shape index (κ1) is 4.65. The number of nitrogens with one attached hydrogen (secondary N) is 1. The molecule has 0 saturated carbocycles. The van der Waals surface area contributed by atoms with Gasteiger partial charge in [-0.2, -0.15) is 0 Å². The Morgan fingerprint density at radius 2 is 2.71 bits per heavy atom. The Hall–Kier alpha value is -0.500. The zero-order valence-electron chi connectivity index (χ0n) is 4.18. The second-order valence-corrected chi connectivity index (χ2v) is 1.61. The molecule has 1 saturated heterocycles. The van der Waals surface area contributed by atoms with E-state index in [0.717, 1.165) is 13.2 Å². The van der Waals surface area contributed by atoms with E-state index in [1.807, 2.05) is 0 Å². The van der Waals surface area contributed by atoms with E-state index >= 15 is 0 Å². The zero-order chi connectivity index (χ0) is 5.11. The summed E-state index contributed by atoms with van der Waals surface area (Å²) >= 11 is 0. The zero-order valence-corrected chi connectivity index (χ0v) is 4.18. The largest absolute Gasteiger partial charge is 0.500 e. The fraction of sp³-hybridized carbons (Fsp3) is 0.600. The van der Waals surface area contributed by atoms with Gasteiger partial charge in [0.1, 0.15) is 6.61 Å². The molecule has 0 amide bonds. The monoisotopic (exact) mass is 99.1 g/mol. The van der Waals surface area contributed by atoms with Gasteiger partial charge in [-0.15, -0.1) is 0 Å². The van der Waals surface area contributed by atoms with Crippen LogP contribution in [-0.4, -0.2) is 19.2 Å². The van der Waals surface area contributed by atoms with Crippen molar-refractivity contribution in [3.8, 4) is 0 Å². The molecule has 0 aromatic rings. The Bertz CT molecular complexity index is 68.5. The Morgan fingerprint density at radius 1 is 2.00 bits per heavy atom. The van der Waals surface area contributed by atoms with Crippen molar-refractivity contribution >= 4 is 0 Å². The highest BCUT2D eigenvalue weighted by Crippen LogP contribution is 1.95. The molecule has 0 bridgehead atoms. The van der Waals surface area contributed by atoms with E-state index in [1.54, 1.807) is 0 Å². The number of rotatable bonds is 3. The molecule has 0 aromatic carbocycles. The topological polar surface area (TPSA) is 31.2 Å². The predicted octanol–water partition coefficient (Wildman–Crippen LogP) is 0.118. The summed E-state index contributed by atoms with van der Waals surface area (Å²) in [5.74, 6) is 0. The smallest absolute Gasteiger partial charge is 0.104 e. The lowest BCUT2D eigenvalue weighted by Crippen LogP contribution is -1.98. The third-order valence-electron chi connectivity index (χ3n) is 0.908. The van der Waals surface area contributed by atoms with Crippen LogP contribution in [0.4, 0.5) is 0 Å². The number of ether oxygens (including phenoxy) is 1. The van der Waals surface area contributed by atoms with Crippen LogP contribution in [0.3, 0.4) is 0 Å². The van der Waals surface area contributed by atoms with Crippen molar-refractivity contribution in [3.05, 3.63) is 12.8 Å². The second-order valence-electron chi connectivity index (χ2n) is 1.61. The van der Waals surface area contributed by atoms with Crippen molar-refractivity contribution < 1.29 is 4.74 Å². The highest BCUT2D eigenvalue weighted by atomic mass is 16.5. The van der Waals surface area contributed by atoms with Crippen molar-refractivity contribution in [2.75, 3.05) is 13.2 Å². The van der Waals surface area contributed by atoms with E-state index in [1.165, 1.54) is 6.26 Å². The molecule has 1 atom stereocenters. The lowest BCUT2D eigenvalue weighted by atomic mass is 10.5. The van der Waals surface area contributed by atoms with Gasteiger partial charge < -0.3 is 10.1 Å². The predicted molar refractivity (Wildman–Crippen MR) is 27.9 cm³/mol. The fourth-order valence-electron chi connectivity index (χ4n) is 0.385. The first-order chi connectivity index (χ1) is 3.43. The molecule has 1 unspecified atom stereocenters. The van der Waals surface area contributed by atoms with E-state index in [4.69, 9.17) is 4.74 Å². The Kier molecular flexibility index (Phi) is 1.32. The third kappa shape index (κ3) is 1.59. The molecule has 0 spiro atoms. The molecule has 0 aromatic heterocycles. The summed E-state index contributed by atoms with van der Waals surface area (Å²) in [6, 6.07) is 0.609. The van der Waals surface area contributed by atoms with Crippen LogP contribution in [0.1, 0.15) is 0 Å². The van der Waals surface area contributed by atoms with Crippen molar-refractivity contribution in [1.82, 2.24) is 5.32 Å². The Balaban J connectivity index is 1.88. The van der Waals surface area contributed by atoms with Gasteiger partial charge in [0.2, 0.25) is 0 Å². The van der Waals surface area contributed by atoms with Crippen LogP contribution in [0.5, 0.6) is 0 Å². The summed E-state index contributed by atoms with van der Waals surface area (Å²) in [4.78, 5) is 0. The maximum atomic E-state index is 4.86. The summed E-state index contributed by atoms with van der Waals surface area (Å²) in [7, 11) is 0. The summed E-state index contributed by atoms with van der Waals surface area (Å²) in [6.07, 6.45) is 1.47. The maximum absolute atomic E-state index is 4.86. The number of hydrogen-bond acceptors (Lipinski definition) is 2. The molecule has 0 aliphatic carbocycles. The molecule has 1 aliphatic rings. The third-order valence-corrected chi connectivity index (χ3v) is 0.908. The molecule has 2 heteroatoms. The summed E-state index contributed by atoms with van der Waals surface area (Å²) in [5, 5.41) is 3.10. The number of hydrogen-bond donors (Lipinski definition) is 1. The van der Waals surface area contributed by atoms with Crippen molar-refractivity contribution in [2.45, 2.75) is 6.04 Å². The van der Waals surface area contributed by atoms with E-state index in [2.05, 4.69) is 11.9 Å². The first-order valence-corrected chi connectivity index (χ1v) is 2.39. The van der Waals surface area contributed by atoms with E-state index < -0.39 is 0 Å². The van der Waals surface area contributed by atoms with E-state index in [9.17, 15) is 0 Å². The van der Waals surface area contributed by atoms with Crippen LogP contribution >= 0.6 is 0 Å². The molecular formula is C5H9NO. The fourth-order valence-corrected chi connectivity index (χ4v) is 0.385. The van der Waals surface area contributed by atoms with Gasteiger partial charge >= 0.3 is 0 Å². The van der Waals surface area contributed by atoms with Crippen molar-refractivity contribution in [3.63, 3.8) is 0 Å². The van der Waals surface area contributed by atoms with Gasteiger partial charge in [0, 0.05) is 6.54 Å². The van der Waals surface area contributed by atoms with Crippen LogP contribution in [0.15, 0.2) is 12.8 Å². The molecular weight excluding hydrogens is 90.1 g/mol. The van der Waals surface area contributed by atoms with Gasteiger partial charge in [-0.3, -0.25) is 0 Å². The van der Waals surface area contributed by atoms with E-state index in [-0.39, 0.29) is 0 Å². The van der Waals surface area contributed by atoms with Gasteiger partial charge in [0.05, 0.1) is 12.3 Å². The minimum atomic E-state index is 0.609. The maximum Gasteiger partial charge on any atom is 0.104 e. The minimum absolute atomic E-state index is 0.609. The molecule has 0 radical (unpaired) electrons. The van der Waals surface area contributed by atoms with Crippen LogP contribution in [0.25, 0.3) is 0 Å². The standard InChI is InChI=1S/C5H9NO/c1-2-7-4-5-3-6-5/h2,5-6H,1,3-4H2. The van der Waals surface area contributed by atoms with Crippen molar-refractivity contribution in [2.24, 2.45) is 0 Å². The molecule has 40 valence electrons.